The van der Waals surface area contributed by atoms with Crippen molar-refractivity contribution in [3.63, 3.8) is 0 Å². The van der Waals surface area contributed by atoms with Gasteiger partial charge in [0, 0.05) is 3.57 Å². The zero-order chi connectivity index (χ0) is 21.8. The van der Waals surface area contributed by atoms with Crippen molar-refractivity contribution in [2.24, 2.45) is 4.99 Å². The summed E-state index contributed by atoms with van der Waals surface area (Å²) in [4.78, 5) is 16.8. The molecular formula is C22H20ClI2NO4. The zero-order valence-electron chi connectivity index (χ0n) is 16.7. The minimum atomic E-state index is -0.521. The summed E-state index contributed by atoms with van der Waals surface area (Å²) in [7, 11) is 0. The van der Waals surface area contributed by atoms with Crippen LogP contribution in [0.2, 0.25) is 5.02 Å². The lowest BCUT2D eigenvalue weighted by Crippen LogP contribution is -2.12. The molecule has 0 saturated heterocycles. The maximum absolute atomic E-state index is 12.4. The Morgan fingerprint density at radius 3 is 2.70 bits per heavy atom. The van der Waals surface area contributed by atoms with Gasteiger partial charge < -0.3 is 14.2 Å². The second kappa shape index (κ2) is 10.3. The third-order valence-corrected chi connectivity index (χ3v) is 6.11. The van der Waals surface area contributed by atoms with E-state index in [1.165, 1.54) is 0 Å². The molecule has 0 aromatic heterocycles. The first kappa shape index (κ1) is 23.3. The number of ether oxygens (including phenoxy) is 3. The van der Waals surface area contributed by atoms with Crippen LogP contribution in [-0.2, 0) is 9.53 Å². The van der Waals surface area contributed by atoms with Gasteiger partial charge in [-0.2, -0.15) is 0 Å². The van der Waals surface area contributed by atoms with Gasteiger partial charge in [0.15, 0.2) is 17.2 Å². The van der Waals surface area contributed by atoms with E-state index < -0.39 is 5.97 Å². The molecule has 0 radical (unpaired) electrons. The second-order valence-corrected chi connectivity index (χ2v) is 9.37. The first-order valence-electron chi connectivity index (χ1n) is 9.43. The molecule has 0 amide bonds. The number of carbonyl (C=O) groups is 1. The number of cyclic esters (lactones) is 1. The molecule has 2 aromatic carbocycles. The Labute approximate surface area is 208 Å². The van der Waals surface area contributed by atoms with Crippen LogP contribution in [0.1, 0.15) is 38.3 Å². The van der Waals surface area contributed by atoms with E-state index in [1.807, 2.05) is 38.1 Å². The summed E-state index contributed by atoms with van der Waals surface area (Å²) in [6.45, 7) is 6.50. The maximum Gasteiger partial charge on any atom is 0.363 e. The second-order valence-electron chi connectivity index (χ2n) is 6.56. The topological polar surface area (TPSA) is 57.1 Å². The molecule has 0 N–H and O–H groups in total. The number of halogens is 3. The van der Waals surface area contributed by atoms with Gasteiger partial charge in [-0.15, -0.1) is 0 Å². The standard InChI is InChI=1S/C22H20ClI2NO4/c1-4-12(3)29-20-17(25)8-13(10-19(20)28-5-2)9-18-22(27)30-21(26-18)15-11-14(24)6-7-16(15)23/h6-12H,4-5H2,1-3H3/b18-9-. The molecule has 8 heteroatoms. The fourth-order valence-electron chi connectivity index (χ4n) is 2.68. The Balaban J connectivity index is 1.98. The Morgan fingerprint density at radius 1 is 1.23 bits per heavy atom. The number of esters is 1. The number of aliphatic imine (C=N–C) groups is 1. The van der Waals surface area contributed by atoms with Gasteiger partial charge in [-0.25, -0.2) is 9.79 Å². The molecule has 5 nitrogen and oxygen atoms in total. The molecule has 1 unspecified atom stereocenters. The number of carbonyl (C=O) groups excluding carboxylic acids is 1. The van der Waals surface area contributed by atoms with Gasteiger partial charge in [0.05, 0.1) is 26.9 Å². The molecule has 2 aromatic rings. The Morgan fingerprint density at radius 2 is 2.00 bits per heavy atom. The summed E-state index contributed by atoms with van der Waals surface area (Å²) in [6, 6.07) is 9.22. The fraction of sp³-hybridized carbons (Fsp3) is 0.273. The first-order valence-corrected chi connectivity index (χ1v) is 12.0. The summed E-state index contributed by atoms with van der Waals surface area (Å²) in [5, 5.41) is 0.475. The Bertz CT molecular complexity index is 1040. The third kappa shape index (κ3) is 5.47. The van der Waals surface area contributed by atoms with Crippen LogP contribution >= 0.6 is 56.8 Å². The van der Waals surface area contributed by atoms with Crippen LogP contribution in [0.4, 0.5) is 0 Å². The van der Waals surface area contributed by atoms with Gasteiger partial charge in [0.1, 0.15) is 0 Å². The van der Waals surface area contributed by atoms with Crippen LogP contribution in [-0.4, -0.2) is 24.6 Å². The number of benzene rings is 2. The Kier molecular flexibility index (Phi) is 8.03. The predicted octanol–water partition coefficient (Wildman–Crippen LogP) is 6.47. The van der Waals surface area contributed by atoms with E-state index in [0.29, 0.717) is 28.7 Å². The molecule has 0 bridgehead atoms. The van der Waals surface area contributed by atoms with Gasteiger partial charge in [0.2, 0.25) is 5.90 Å². The van der Waals surface area contributed by atoms with E-state index in [4.69, 9.17) is 25.8 Å². The van der Waals surface area contributed by atoms with Crippen molar-refractivity contribution in [2.75, 3.05) is 6.61 Å². The lowest BCUT2D eigenvalue weighted by molar-refractivity contribution is -0.129. The van der Waals surface area contributed by atoms with Gasteiger partial charge in [-0.1, -0.05) is 18.5 Å². The third-order valence-electron chi connectivity index (χ3n) is 4.31. The van der Waals surface area contributed by atoms with Crippen LogP contribution in [0.3, 0.4) is 0 Å². The fourth-order valence-corrected chi connectivity index (χ4v) is 4.12. The minimum Gasteiger partial charge on any atom is -0.490 e. The van der Waals surface area contributed by atoms with E-state index in [0.717, 1.165) is 19.1 Å². The molecule has 1 aliphatic heterocycles. The van der Waals surface area contributed by atoms with Crippen molar-refractivity contribution in [3.05, 3.63) is 59.3 Å². The van der Waals surface area contributed by atoms with Gasteiger partial charge in [0.25, 0.3) is 0 Å². The van der Waals surface area contributed by atoms with E-state index in [-0.39, 0.29) is 17.7 Å². The highest BCUT2D eigenvalue weighted by Crippen LogP contribution is 2.36. The normalized spacial score (nSPS) is 15.7. The summed E-state index contributed by atoms with van der Waals surface area (Å²) in [5.41, 5.74) is 1.56. The van der Waals surface area contributed by atoms with Crippen LogP contribution in [0.5, 0.6) is 11.5 Å². The monoisotopic (exact) mass is 651 g/mol. The van der Waals surface area contributed by atoms with E-state index in [1.54, 1.807) is 12.1 Å². The molecule has 0 aliphatic carbocycles. The molecule has 0 saturated carbocycles. The van der Waals surface area contributed by atoms with E-state index >= 15 is 0 Å². The number of hydrogen-bond donors (Lipinski definition) is 0. The van der Waals surface area contributed by atoms with Crippen molar-refractivity contribution < 1.29 is 19.0 Å². The molecular weight excluding hydrogens is 632 g/mol. The van der Waals surface area contributed by atoms with Crippen molar-refractivity contribution in [2.45, 2.75) is 33.3 Å². The van der Waals surface area contributed by atoms with Crippen LogP contribution in [0.15, 0.2) is 41.0 Å². The largest absolute Gasteiger partial charge is 0.490 e. The predicted molar refractivity (Wildman–Crippen MR) is 135 cm³/mol. The van der Waals surface area contributed by atoms with E-state index in [2.05, 4.69) is 57.1 Å². The Hall–Kier alpha value is -1.33. The summed E-state index contributed by atoms with van der Waals surface area (Å²) in [6.07, 6.45) is 2.63. The highest BCUT2D eigenvalue weighted by atomic mass is 127. The first-order chi connectivity index (χ1) is 14.3. The van der Waals surface area contributed by atoms with Gasteiger partial charge in [-0.05, 0) is 107 Å². The lowest BCUT2D eigenvalue weighted by atomic mass is 10.1. The van der Waals surface area contributed by atoms with Crippen LogP contribution < -0.4 is 9.47 Å². The minimum absolute atomic E-state index is 0.0670. The highest BCUT2D eigenvalue weighted by molar-refractivity contribution is 14.1. The van der Waals surface area contributed by atoms with Gasteiger partial charge in [-0.3, -0.25) is 0 Å². The molecule has 158 valence electrons. The summed E-state index contributed by atoms with van der Waals surface area (Å²) in [5.74, 6) is 1.02. The van der Waals surface area contributed by atoms with Gasteiger partial charge >= 0.3 is 5.97 Å². The molecule has 1 atom stereocenters. The van der Waals surface area contributed by atoms with Crippen LogP contribution in [0, 0.1) is 7.14 Å². The average molecular weight is 652 g/mol. The molecule has 3 rings (SSSR count). The zero-order valence-corrected chi connectivity index (χ0v) is 21.7. The van der Waals surface area contributed by atoms with Crippen molar-refractivity contribution in [1.82, 2.24) is 0 Å². The molecule has 1 heterocycles. The van der Waals surface area contributed by atoms with Crippen molar-refractivity contribution in [3.8, 4) is 11.5 Å². The smallest absolute Gasteiger partial charge is 0.363 e. The number of nitrogens with zero attached hydrogens (tertiary/aromatic N) is 1. The van der Waals surface area contributed by atoms with Crippen molar-refractivity contribution >= 4 is 74.7 Å². The lowest BCUT2D eigenvalue weighted by Gasteiger charge is -2.18. The summed E-state index contributed by atoms with van der Waals surface area (Å²) >= 11 is 10.6. The van der Waals surface area contributed by atoms with Crippen molar-refractivity contribution in [1.29, 1.82) is 0 Å². The highest BCUT2D eigenvalue weighted by Gasteiger charge is 2.26. The van der Waals surface area contributed by atoms with Crippen LogP contribution in [0.25, 0.3) is 6.08 Å². The quantitative estimate of drug-likeness (QED) is 0.196. The number of rotatable bonds is 7. The summed E-state index contributed by atoms with van der Waals surface area (Å²) < 4.78 is 19.0. The van der Waals surface area contributed by atoms with E-state index in [9.17, 15) is 4.79 Å². The molecule has 30 heavy (non-hydrogen) atoms. The SMILES string of the molecule is CCOc1cc(/C=C2\N=C(c3cc(I)ccc3Cl)OC2=O)cc(I)c1OC(C)CC. The molecule has 0 fully saturated rings. The maximum atomic E-state index is 12.4. The average Bonchev–Trinajstić information content (AvgIpc) is 3.06. The number of hydrogen-bond acceptors (Lipinski definition) is 5. The molecule has 0 spiro atoms. The molecule has 1 aliphatic rings.